The smallest absolute Gasteiger partial charge is 0.409 e. The molecule has 1 aromatic carbocycles. The zero-order chi connectivity index (χ0) is 19.1. The first kappa shape index (κ1) is 18.9. The Labute approximate surface area is 160 Å². The lowest BCUT2D eigenvalue weighted by atomic mass is 10.1. The summed E-state index contributed by atoms with van der Waals surface area (Å²) in [6.07, 6.45) is 4.20. The van der Waals surface area contributed by atoms with Crippen LogP contribution in [0.25, 0.3) is 0 Å². The van der Waals surface area contributed by atoms with Gasteiger partial charge in [-0.2, -0.15) is 4.98 Å². The first-order chi connectivity index (χ1) is 13.2. The van der Waals surface area contributed by atoms with E-state index in [1.54, 1.807) is 11.1 Å². The first-order valence-electron chi connectivity index (χ1n) is 9.55. The summed E-state index contributed by atoms with van der Waals surface area (Å²) in [5.74, 6) is 1.36. The maximum absolute atomic E-state index is 11.8. The van der Waals surface area contributed by atoms with Crippen LogP contribution in [0.2, 0.25) is 0 Å². The fourth-order valence-electron chi connectivity index (χ4n) is 3.20. The molecule has 0 bridgehead atoms. The van der Waals surface area contributed by atoms with Gasteiger partial charge in [0.05, 0.1) is 6.61 Å². The van der Waals surface area contributed by atoms with Crippen LogP contribution in [0.5, 0.6) is 0 Å². The molecule has 0 aliphatic carbocycles. The Balaban J connectivity index is 1.58. The molecule has 0 unspecified atom stereocenters. The Morgan fingerprint density at radius 2 is 2.00 bits per heavy atom. The van der Waals surface area contributed by atoms with Gasteiger partial charge in [0.1, 0.15) is 5.82 Å². The number of aryl methyl sites for hydroxylation is 1. The highest BCUT2D eigenvalue weighted by atomic mass is 16.6. The molecule has 3 rings (SSSR count). The summed E-state index contributed by atoms with van der Waals surface area (Å²) < 4.78 is 5.06. The molecule has 144 valence electrons. The number of carbonyl (C=O) groups is 1. The van der Waals surface area contributed by atoms with Crippen molar-refractivity contribution < 1.29 is 9.53 Å². The van der Waals surface area contributed by atoms with Crippen LogP contribution < -0.4 is 10.6 Å². The lowest BCUT2D eigenvalue weighted by Gasteiger charge is -2.31. The number of likely N-dealkylation sites (tertiary alicyclic amines) is 1. The van der Waals surface area contributed by atoms with Crippen LogP contribution in [0.15, 0.2) is 36.5 Å². The lowest BCUT2D eigenvalue weighted by molar-refractivity contribution is 0.0983. The molecule has 7 heteroatoms. The number of nitrogens with one attached hydrogen (secondary N) is 2. The number of amides is 1. The van der Waals surface area contributed by atoms with Gasteiger partial charge in [0.2, 0.25) is 5.95 Å². The van der Waals surface area contributed by atoms with E-state index < -0.39 is 0 Å². The number of rotatable bonds is 6. The maximum atomic E-state index is 11.8. The van der Waals surface area contributed by atoms with Crippen LogP contribution in [0.4, 0.5) is 22.2 Å². The molecule has 2 heterocycles. The highest BCUT2D eigenvalue weighted by Crippen LogP contribution is 2.21. The molecule has 2 aromatic rings. The Morgan fingerprint density at radius 1 is 1.22 bits per heavy atom. The van der Waals surface area contributed by atoms with Crippen molar-refractivity contribution in [1.29, 1.82) is 0 Å². The first-order valence-corrected chi connectivity index (χ1v) is 9.55. The monoisotopic (exact) mass is 369 g/mol. The van der Waals surface area contributed by atoms with E-state index in [4.69, 9.17) is 4.74 Å². The van der Waals surface area contributed by atoms with Crippen molar-refractivity contribution in [2.75, 3.05) is 30.3 Å². The summed E-state index contributed by atoms with van der Waals surface area (Å²) in [5.41, 5.74) is 2.26. The third-order valence-corrected chi connectivity index (χ3v) is 4.67. The third kappa shape index (κ3) is 5.09. The number of nitrogens with zero attached hydrogens (tertiary/aromatic N) is 3. The molecule has 1 fully saturated rings. The molecular formula is C20H27N5O2. The van der Waals surface area contributed by atoms with Crippen molar-refractivity contribution >= 4 is 23.5 Å². The molecular weight excluding hydrogens is 342 g/mol. The number of piperidine rings is 1. The van der Waals surface area contributed by atoms with Crippen LogP contribution in [0.3, 0.4) is 0 Å². The van der Waals surface area contributed by atoms with Gasteiger partial charge in [-0.05, 0) is 43.9 Å². The summed E-state index contributed by atoms with van der Waals surface area (Å²) in [5, 5.41) is 6.76. The van der Waals surface area contributed by atoms with E-state index in [1.165, 1.54) is 5.56 Å². The highest BCUT2D eigenvalue weighted by Gasteiger charge is 2.23. The summed E-state index contributed by atoms with van der Waals surface area (Å²) in [6.45, 7) is 5.75. The second-order valence-corrected chi connectivity index (χ2v) is 6.51. The molecule has 7 nitrogen and oxygen atoms in total. The molecule has 0 radical (unpaired) electrons. The standard InChI is InChI=1S/C20H27N5O2/c1-3-15-7-5-6-8-17(15)23-19-21-12-9-18(24-19)22-16-10-13-25(14-11-16)20(26)27-4-2/h5-9,12,16H,3-4,10-11,13-14H2,1-2H3,(H2,21,22,23,24). The number of hydrogen-bond acceptors (Lipinski definition) is 6. The van der Waals surface area contributed by atoms with E-state index in [0.29, 0.717) is 25.6 Å². The Kier molecular flexibility index (Phi) is 6.46. The number of hydrogen-bond donors (Lipinski definition) is 2. The summed E-state index contributed by atoms with van der Waals surface area (Å²) in [6, 6.07) is 10.3. The van der Waals surface area contributed by atoms with E-state index in [-0.39, 0.29) is 12.1 Å². The van der Waals surface area contributed by atoms with Gasteiger partial charge >= 0.3 is 6.09 Å². The van der Waals surface area contributed by atoms with Gasteiger partial charge in [-0.1, -0.05) is 25.1 Å². The van der Waals surface area contributed by atoms with Crippen LogP contribution in [-0.4, -0.2) is 46.7 Å². The zero-order valence-electron chi connectivity index (χ0n) is 15.9. The second-order valence-electron chi connectivity index (χ2n) is 6.51. The summed E-state index contributed by atoms with van der Waals surface area (Å²) >= 11 is 0. The molecule has 1 aliphatic rings. The molecule has 1 saturated heterocycles. The molecule has 27 heavy (non-hydrogen) atoms. The van der Waals surface area contributed by atoms with Crippen molar-refractivity contribution in [3.8, 4) is 0 Å². The van der Waals surface area contributed by atoms with Crippen LogP contribution in [-0.2, 0) is 11.2 Å². The second kappa shape index (κ2) is 9.21. The number of ether oxygens (including phenoxy) is 1. The van der Waals surface area contributed by atoms with Crippen molar-refractivity contribution in [3.05, 3.63) is 42.1 Å². The average Bonchev–Trinajstić information content (AvgIpc) is 2.69. The normalized spacial score (nSPS) is 14.7. The van der Waals surface area contributed by atoms with Crippen LogP contribution in [0.1, 0.15) is 32.3 Å². The fourth-order valence-corrected chi connectivity index (χ4v) is 3.20. The minimum absolute atomic E-state index is 0.223. The molecule has 1 amide bonds. The van der Waals surface area contributed by atoms with Crippen molar-refractivity contribution in [2.24, 2.45) is 0 Å². The molecule has 1 aromatic heterocycles. The van der Waals surface area contributed by atoms with Gasteiger partial charge in [-0.25, -0.2) is 9.78 Å². The SMILES string of the molecule is CCOC(=O)N1CCC(Nc2ccnc(Nc3ccccc3CC)n2)CC1. The fraction of sp³-hybridized carbons (Fsp3) is 0.450. The molecule has 0 spiro atoms. The van der Waals surface area contributed by atoms with Gasteiger partial charge in [0.25, 0.3) is 0 Å². The summed E-state index contributed by atoms with van der Waals surface area (Å²) in [7, 11) is 0. The predicted molar refractivity (Wildman–Crippen MR) is 106 cm³/mol. The summed E-state index contributed by atoms with van der Waals surface area (Å²) in [4.78, 5) is 22.5. The van der Waals surface area contributed by atoms with Crippen molar-refractivity contribution in [1.82, 2.24) is 14.9 Å². The largest absolute Gasteiger partial charge is 0.450 e. The highest BCUT2D eigenvalue weighted by molar-refractivity contribution is 5.67. The van der Waals surface area contributed by atoms with Gasteiger partial charge in [-0.3, -0.25) is 0 Å². The van der Waals surface area contributed by atoms with E-state index >= 15 is 0 Å². The lowest BCUT2D eigenvalue weighted by Crippen LogP contribution is -2.42. The minimum atomic E-state index is -0.223. The van der Waals surface area contributed by atoms with E-state index in [0.717, 1.165) is 30.8 Å². The third-order valence-electron chi connectivity index (χ3n) is 4.67. The topological polar surface area (TPSA) is 79.4 Å². The van der Waals surface area contributed by atoms with E-state index in [2.05, 4.69) is 33.6 Å². The Hall–Kier alpha value is -2.83. The molecule has 0 saturated carbocycles. The average molecular weight is 369 g/mol. The van der Waals surface area contributed by atoms with Gasteiger partial charge in [0, 0.05) is 31.0 Å². The molecule has 2 N–H and O–H groups in total. The maximum Gasteiger partial charge on any atom is 0.409 e. The minimum Gasteiger partial charge on any atom is -0.450 e. The molecule has 0 atom stereocenters. The Bertz CT molecular complexity index is 760. The zero-order valence-corrected chi connectivity index (χ0v) is 15.9. The van der Waals surface area contributed by atoms with E-state index in [9.17, 15) is 4.79 Å². The number of aromatic nitrogens is 2. The van der Waals surface area contributed by atoms with Gasteiger partial charge < -0.3 is 20.3 Å². The number of anilines is 3. The van der Waals surface area contributed by atoms with Crippen LogP contribution in [0, 0.1) is 0 Å². The van der Waals surface area contributed by atoms with Crippen molar-refractivity contribution in [3.63, 3.8) is 0 Å². The van der Waals surface area contributed by atoms with E-state index in [1.807, 2.05) is 31.2 Å². The van der Waals surface area contributed by atoms with Crippen molar-refractivity contribution in [2.45, 2.75) is 39.2 Å². The Morgan fingerprint density at radius 3 is 2.74 bits per heavy atom. The quantitative estimate of drug-likeness (QED) is 0.806. The molecule has 1 aliphatic heterocycles. The van der Waals surface area contributed by atoms with Gasteiger partial charge in [-0.15, -0.1) is 0 Å². The van der Waals surface area contributed by atoms with Gasteiger partial charge in [0.15, 0.2) is 0 Å². The number of para-hydroxylation sites is 1. The number of carbonyl (C=O) groups excluding carboxylic acids is 1. The van der Waals surface area contributed by atoms with Crippen LogP contribution >= 0.6 is 0 Å². The number of benzene rings is 1. The predicted octanol–water partition coefficient (Wildman–Crippen LogP) is 3.82.